The summed E-state index contributed by atoms with van der Waals surface area (Å²) in [5, 5.41) is 11.7. The van der Waals surface area contributed by atoms with Crippen molar-refractivity contribution in [2.75, 3.05) is 6.54 Å². The van der Waals surface area contributed by atoms with Gasteiger partial charge in [-0.3, -0.25) is 4.98 Å². The van der Waals surface area contributed by atoms with Gasteiger partial charge in [0.15, 0.2) is 0 Å². The Labute approximate surface area is 138 Å². The Morgan fingerprint density at radius 3 is 2.74 bits per heavy atom. The lowest BCUT2D eigenvalue weighted by atomic mass is 10.1. The fraction of sp³-hybridized carbons (Fsp3) is 0.188. The second-order valence-electron chi connectivity index (χ2n) is 5.44. The number of hydrogen-bond donors (Lipinski definition) is 2. The highest BCUT2D eigenvalue weighted by Crippen LogP contribution is 2.33. The second kappa shape index (κ2) is 6.01. The van der Waals surface area contributed by atoms with E-state index in [9.17, 15) is 13.5 Å². The first-order chi connectivity index (χ1) is 10.9. The number of thiophene rings is 1. The summed E-state index contributed by atoms with van der Waals surface area (Å²) in [5.74, 6) is 0. The van der Waals surface area contributed by atoms with Crippen LogP contribution in [0.25, 0.3) is 10.1 Å². The van der Waals surface area contributed by atoms with Crippen molar-refractivity contribution >= 4 is 31.4 Å². The van der Waals surface area contributed by atoms with Crippen molar-refractivity contribution in [3.63, 3.8) is 0 Å². The SMILES string of the molecule is CC(O)(CNS(=O)(=O)c1cccnc1)c1cc2ccccc2s1. The van der Waals surface area contributed by atoms with Gasteiger partial charge in [0.25, 0.3) is 0 Å². The highest BCUT2D eigenvalue weighted by Gasteiger charge is 2.28. The molecule has 3 rings (SSSR count). The number of benzene rings is 1. The van der Waals surface area contributed by atoms with Gasteiger partial charge in [-0.15, -0.1) is 11.3 Å². The highest BCUT2D eigenvalue weighted by atomic mass is 32.2. The quantitative estimate of drug-likeness (QED) is 0.742. The number of nitrogens with zero attached hydrogens (tertiary/aromatic N) is 1. The van der Waals surface area contributed by atoms with Gasteiger partial charge in [0.2, 0.25) is 10.0 Å². The Morgan fingerprint density at radius 2 is 2.04 bits per heavy atom. The number of aliphatic hydroxyl groups is 1. The van der Waals surface area contributed by atoms with Crippen LogP contribution in [-0.4, -0.2) is 25.1 Å². The maximum absolute atomic E-state index is 12.2. The number of aromatic nitrogens is 1. The van der Waals surface area contributed by atoms with Gasteiger partial charge >= 0.3 is 0 Å². The molecule has 5 nitrogen and oxygen atoms in total. The molecule has 0 radical (unpaired) electrons. The van der Waals surface area contributed by atoms with E-state index in [4.69, 9.17) is 0 Å². The number of rotatable bonds is 5. The molecule has 2 N–H and O–H groups in total. The summed E-state index contributed by atoms with van der Waals surface area (Å²) >= 11 is 1.45. The van der Waals surface area contributed by atoms with Crippen LogP contribution in [0.1, 0.15) is 11.8 Å². The standard InChI is InChI=1S/C16H16N2O3S2/c1-16(19,15-9-12-5-2-3-7-14(12)22-15)11-18-23(20,21)13-6-4-8-17-10-13/h2-10,18-19H,11H2,1H3. The summed E-state index contributed by atoms with van der Waals surface area (Å²) in [6.45, 7) is 1.49. The van der Waals surface area contributed by atoms with Crippen LogP contribution in [-0.2, 0) is 15.6 Å². The van der Waals surface area contributed by atoms with E-state index in [1.165, 1.54) is 29.8 Å². The molecule has 120 valence electrons. The summed E-state index contributed by atoms with van der Waals surface area (Å²) in [6.07, 6.45) is 2.78. The van der Waals surface area contributed by atoms with Gasteiger partial charge in [0, 0.05) is 28.5 Å². The molecule has 3 aromatic rings. The number of fused-ring (bicyclic) bond motifs is 1. The molecule has 1 atom stereocenters. The Bertz CT molecular complexity index is 886. The molecule has 0 aliphatic rings. The topological polar surface area (TPSA) is 79.3 Å². The van der Waals surface area contributed by atoms with Crippen LogP contribution in [0.3, 0.4) is 0 Å². The fourth-order valence-corrected chi connectivity index (χ4v) is 4.36. The van der Waals surface area contributed by atoms with Gasteiger partial charge in [0.05, 0.1) is 0 Å². The average molecular weight is 348 g/mol. The predicted molar refractivity (Wildman–Crippen MR) is 90.8 cm³/mol. The first-order valence-electron chi connectivity index (χ1n) is 7.00. The Kier molecular flexibility index (Phi) is 4.20. The first kappa shape index (κ1) is 16.1. The monoisotopic (exact) mass is 348 g/mol. The van der Waals surface area contributed by atoms with E-state index >= 15 is 0 Å². The van der Waals surface area contributed by atoms with Gasteiger partial charge in [0.1, 0.15) is 10.5 Å². The molecule has 7 heteroatoms. The third-order valence-corrected chi connectivity index (χ3v) is 6.26. The molecule has 0 bridgehead atoms. The third kappa shape index (κ3) is 3.42. The molecule has 0 amide bonds. The van der Waals surface area contributed by atoms with Crippen molar-refractivity contribution < 1.29 is 13.5 Å². The predicted octanol–water partition coefficient (Wildman–Crippen LogP) is 2.48. The van der Waals surface area contributed by atoms with Crippen molar-refractivity contribution in [1.82, 2.24) is 9.71 Å². The lowest BCUT2D eigenvalue weighted by molar-refractivity contribution is 0.0666. The maximum atomic E-state index is 12.2. The molecule has 0 aliphatic carbocycles. The molecule has 1 aromatic carbocycles. The van der Waals surface area contributed by atoms with Crippen LogP contribution in [0, 0.1) is 0 Å². The Hall–Kier alpha value is -1.80. The van der Waals surface area contributed by atoms with Crippen LogP contribution >= 0.6 is 11.3 Å². The lowest BCUT2D eigenvalue weighted by Crippen LogP contribution is -2.38. The van der Waals surface area contributed by atoms with Crippen LogP contribution < -0.4 is 4.72 Å². The number of pyridine rings is 1. The second-order valence-corrected chi connectivity index (χ2v) is 8.29. The van der Waals surface area contributed by atoms with Gasteiger partial charge in [-0.05, 0) is 36.6 Å². The van der Waals surface area contributed by atoms with Crippen LogP contribution in [0.15, 0.2) is 59.8 Å². The van der Waals surface area contributed by atoms with Crippen LogP contribution in [0.2, 0.25) is 0 Å². The molecule has 0 fully saturated rings. The molecule has 0 saturated carbocycles. The summed E-state index contributed by atoms with van der Waals surface area (Å²) in [4.78, 5) is 4.59. The van der Waals surface area contributed by atoms with Crippen molar-refractivity contribution in [3.8, 4) is 0 Å². The number of hydrogen-bond acceptors (Lipinski definition) is 5. The highest BCUT2D eigenvalue weighted by molar-refractivity contribution is 7.89. The summed E-state index contributed by atoms with van der Waals surface area (Å²) in [6, 6.07) is 12.7. The fourth-order valence-electron chi connectivity index (χ4n) is 2.16. The zero-order chi connectivity index (χ0) is 16.5. The average Bonchev–Trinajstić information content (AvgIpc) is 2.99. The molecule has 2 heterocycles. The summed E-state index contributed by atoms with van der Waals surface area (Å²) in [7, 11) is -3.70. The molecule has 1 unspecified atom stereocenters. The van der Waals surface area contributed by atoms with Crippen LogP contribution in [0.5, 0.6) is 0 Å². The maximum Gasteiger partial charge on any atom is 0.242 e. The summed E-state index contributed by atoms with van der Waals surface area (Å²) in [5.41, 5.74) is -1.29. The molecular weight excluding hydrogens is 332 g/mol. The van der Waals surface area contributed by atoms with Gasteiger partial charge < -0.3 is 5.11 Å². The smallest absolute Gasteiger partial charge is 0.242 e. The van der Waals surface area contributed by atoms with E-state index in [-0.39, 0.29) is 11.4 Å². The zero-order valence-corrected chi connectivity index (χ0v) is 14.1. The van der Waals surface area contributed by atoms with Crippen molar-refractivity contribution in [1.29, 1.82) is 0 Å². The summed E-state index contributed by atoms with van der Waals surface area (Å²) < 4.78 is 27.9. The van der Waals surface area contributed by atoms with Gasteiger partial charge in [-0.25, -0.2) is 13.1 Å². The van der Waals surface area contributed by atoms with Crippen molar-refractivity contribution in [2.24, 2.45) is 0 Å². The largest absolute Gasteiger partial charge is 0.383 e. The number of nitrogens with one attached hydrogen (secondary N) is 1. The third-order valence-electron chi connectivity index (χ3n) is 3.51. The van der Waals surface area contributed by atoms with Gasteiger partial charge in [-0.1, -0.05) is 18.2 Å². The minimum Gasteiger partial charge on any atom is -0.383 e. The first-order valence-corrected chi connectivity index (χ1v) is 9.30. The molecule has 0 aliphatic heterocycles. The molecule has 0 spiro atoms. The minimum absolute atomic E-state index is 0.0761. The molecule has 0 saturated heterocycles. The molecular formula is C16H16N2O3S2. The number of sulfonamides is 1. The normalized spacial score (nSPS) is 14.7. The van der Waals surface area contributed by atoms with Crippen LogP contribution in [0.4, 0.5) is 0 Å². The van der Waals surface area contributed by atoms with Crippen molar-refractivity contribution in [3.05, 3.63) is 59.7 Å². The molecule has 23 heavy (non-hydrogen) atoms. The van der Waals surface area contributed by atoms with E-state index in [1.807, 2.05) is 30.3 Å². The lowest BCUT2D eigenvalue weighted by Gasteiger charge is -2.22. The van der Waals surface area contributed by atoms with E-state index in [2.05, 4.69) is 9.71 Å². The van der Waals surface area contributed by atoms with Gasteiger partial charge in [-0.2, -0.15) is 0 Å². The van der Waals surface area contributed by atoms with E-state index < -0.39 is 15.6 Å². The molecule has 2 aromatic heterocycles. The van der Waals surface area contributed by atoms with E-state index in [0.717, 1.165) is 10.1 Å². The Balaban J connectivity index is 1.81. The van der Waals surface area contributed by atoms with Crippen molar-refractivity contribution in [2.45, 2.75) is 17.4 Å². The zero-order valence-electron chi connectivity index (χ0n) is 12.4. The minimum atomic E-state index is -3.70. The Morgan fingerprint density at radius 1 is 1.26 bits per heavy atom. The van der Waals surface area contributed by atoms with E-state index in [0.29, 0.717) is 4.88 Å². The van der Waals surface area contributed by atoms with E-state index in [1.54, 1.807) is 13.0 Å².